The van der Waals surface area contributed by atoms with E-state index in [-0.39, 0.29) is 5.82 Å². The fourth-order valence-electron chi connectivity index (χ4n) is 3.53. The standard InChI is InChI=1S/C27H22FN3/c28-25-8-4-5-20(15-25)13-14-30-18-21-9-11-24(12-10-21)27-26(16-22(17-29)19-31-27)23-6-2-1-3-7-23/h1-12,15-16,19,30H,13-14,18H2. The van der Waals surface area contributed by atoms with Crippen LogP contribution in [0.4, 0.5) is 4.39 Å². The van der Waals surface area contributed by atoms with Gasteiger partial charge >= 0.3 is 0 Å². The van der Waals surface area contributed by atoms with Gasteiger partial charge in [0.15, 0.2) is 0 Å². The largest absolute Gasteiger partial charge is 0.312 e. The second-order valence-electron chi connectivity index (χ2n) is 7.35. The van der Waals surface area contributed by atoms with Crippen LogP contribution in [0.3, 0.4) is 0 Å². The lowest BCUT2D eigenvalue weighted by Gasteiger charge is -2.11. The minimum Gasteiger partial charge on any atom is -0.312 e. The normalized spacial score (nSPS) is 10.6. The number of hydrogen-bond acceptors (Lipinski definition) is 3. The Morgan fingerprint density at radius 1 is 0.839 bits per heavy atom. The van der Waals surface area contributed by atoms with Gasteiger partial charge in [0.05, 0.1) is 11.3 Å². The van der Waals surface area contributed by atoms with E-state index < -0.39 is 0 Å². The van der Waals surface area contributed by atoms with E-state index >= 15 is 0 Å². The first-order valence-corrected chi connectivity index (χ1v) is 10.2. The molecule has 0 spiro atoms. The van der Waals surface area contributed by atoms with Crippen LogP contribution in [0.15, 0.2) is 91.1 Å². The van der Waals surface area contributed by atoms with Crippen LogP contribution in [0, 0.1) is 17.1 Å². The Balaban J connectivity index is 1.45. The van der Waals surface area contributed by atoms with Crippen LogP contribution >= 0.6 is 0 Å². The predicted octanol–water partition coefficient (Wildman–Crippen LogP) is 5.76. The number of benzene rings is 3. The summed E-state index contributed by atoms with van der Waals surface area (Å²) in [5.41, 5.74) is 6.54. The van der Waals surface area contributed by atoms with Gasteiger partial charge in [0.1, 0.15) is 11.9 Å². The molecule has 1 N–H and O–H groups in total. The summed E-state index contributed by atoms with van der Waals surface area (Å²) in [6, 6.07) is 29.1. The Bertz CT molecular complexity index is 1200. The average Bonchev–Trinajstić information content (AvgIpc) is 2.82. The van der Waals surface area contributed by atoms with Crippen LogP contribution in [0.2, 0.25) is 0 Å². The Morgan fingerprint density at radius 2 is 1.65 bits per heavy atom. The highest BCUT2D eigenvalue weighted by molar-refractivity contribution is 5.81. The highest BCUT2D eigenvalue weighted by atomic mass is 19.1. The smallest absolute Gasteiger partial charge is 0.123 e. The zero-order chi connectivity index (χ0) is 21.5. The van der Waals surface area contributed by atoms with Crippen molar-refractivity contribution in [3.8, 4) is 28.5 Å². The van der Waals surface area contributed by atoms with E-state index in [0.29, 0.717) is 5.56 Å². The molecule has 0 aliphatic carbocycles. The highest BCUT2D eigenvalue weighted by Gasteiger charge is 2.10. The van der Waals surface area contributed by atoms with Crippen molar-refractivity contribution >= 4 is 0 Å². The first-order chi connectivity index (χ1) is 15.2. The van der Waals surface area contributed by atoms with Crippen molar-refractivity contribution in [2.45, 2.75) is 13.0 Å². The molecule has 1 heterocycles. The van der Waals surface area contributed by atoms with Crippen LogP contribution in [-0.4, -0.2) is 11.5 Å². The van der Waals surface area contributed by atoms with Crippen LogP contribution < -0.4 is 5.32 Å². The van der Waals surface area contributed by atoms with Gasteiger partial charge in [-0.15, -0.1) is 0 Å². The van der Waals surface area contributed by atoms with E-state index in [4.69, 9.17) is 0 Å². The van der Waals surface area contributed by atoms with Gasteiger partial charge in [-0.05, 0) is 47.9 Å². The van der Waals surface area contributed by atoms with Gasteiger partial charge in [0.25, 0.3) is 0 Å². The third-order valence-corrected chi connectivity index (χ3v) is 5.14. The number of aromatic nitrogens is 1. The van der Waals surface area contributed by atoms with Gasteiger partial charge in [0, 0.05) is 23.9 Å². The third-order valence-electron chi connectivity index (χ3n) is 5.14. The van der Waals surface area contributed by atoms with Crippen molar-refractivity contribution in [3.63, 3.8) is 0 Å². The molecule has 0 unspecified atom stereocenters. The molecule has 4 rings (SSSR count). The second-order valence-corrected chi connectivity index (χ2v) is 7.35. The molecule has 0 bridgehead atoms. The van der Waals surface area contributed by atoms with Gasteiger partial charge in [-0.3, -0.25) is 4.98 Å². The Morgan fingerprint density at radius 3 is 2.39 bits per heavy atom. The fourth-order valence-corrected chi connectivity index (χ4v) is 3.53. The molecule has 31 heavy (non-hydrogen) atoms. The lowest BCUT2D eigenvalue weighted by Crippen LogP contribution is -2.16. The van der Waals surface area contributed by atoms with Crippen LogP contribution in [0.1, 0.15) is 16.7 Å². The molecular formula is C27H22FN3. The molecule has 1 aromatic heterocycles. The molecule has 0 aliphatic rings. The van der Waals surface area contributed by atoms with Gasteiger partial charge in [-0.25, -0.2) is 4.39 Å². The molecule has 0 amide bonds. The SMILES string of the molecule is N#Cc1cnc(-c2ccc(CNCCc3cccc(F)c3)cc2)c(-c2ccccc2)c1. The molecule has 0 fully saturated rings. The number of pyridine rings is 1. The number of nitrogens with one attached hydrogen (secondary N) is 1. The fraction of sp³-hybridized carbons (Fsp3) is 0.111. The summed E-state index contributed by atoms with van der Waals surface area (Å²) in [6.45, 7) is 1.52. The van der Waals surface area contributed by atoms with Gasteiger partial charge in [-0.2, -0.15) is 5.26 Å². The van der Waals surface area contributed by atoms with E-state index in [9.17, 15) is 9.65 Å². The Kier molecular flexibility index (Phi) is 6.47. The van der Waals surface area contributed by atoms with Crippen LogP contribution in [0.25, 0.3) is 22.4 Å². The molecule has 152 valence electrons. The summed E-state index contributed by atoms with van der Waals surface area (Å²) in [6.07, 6.45) is 2.40. The molecule has 0 atom stereocenters. The van der Waals surface area contributed by atoms with E-state index in [1.165, 1.54) is 6.07 Å². The van der Waals surface area contributed by atoms with E-state index in [1.807, 2.05) is 42.5 Å². The average molecular weight is 407 g/mol. The van der Waals surface area contributed by atoms with Crippen molar-refractivity contribution in [2.75, 3.05) is 6.54 Å². The lowest BCUT2D eigenvalue weighted by molar-refractivity contribution is 0.622. The summed E-state index contributed by atoms with van der Waals surface area (Å²) < 4.78 is 13.3. The molecule has 0 aliphatic heterocycles. The van der Waals surface area contributed by atoms with E-state index in [2.05, 4.69) is 40.6 Å². The first-order valence-electron chi connectivity index (χ1n) is 10.2. The van der Waals surface area contributed by atoms with E-state index in [0.717, 1.165) is 53.0 Å². The summed E-state index contributed by atoms with van der Waals surface area (Å²) in [7, 11) is 0. The summed E-state index contributed by atoms with van der Waals surface area (Å²) in [4.78, 5) is 4.57. The summed E-state index contributed by atoms with van der Waals surface area (Å²) >= 11 is 0. The summed E-state index contributed by atoms with van der Waals surface area (Å²) in [5, 5.41) is 12.7. The molecule has 3 aromatic carbocycles. The minimum atomic E-state index is -0.195. The second kappa shape index (κ2) is 9.80. The molecule has 4 heteroatoms. The zero-order valence-corrected chi connectivity index (χ0v) is 17.1. The Hall–Kier alpha value is -3.81. The number of nitrogens with zero attached hydrogens (tertiary/aromatic N) is 2. The van der Waals surface area contributed by atoms with Crippen molar-refractivity contribution in [2.24, 2.45) is 0 Å². The maximum absolute atomic E-state index is 13.3. The van der Waals surface area contributed by atoms with Crippen molar-refractivity contribution in [3.05, 3.63) is 114 Å². The molecule has 0 saturated carbocycles. The summed E-state index contributed by atoms with van der Waals surface area (Å²) in [5.74, 6) is -0.195. The quantitative estimate of drug-likeness (QED) is 0.396. The maximum Gasteiger partial charge on any atom is 0.123 e. The zero-order valence-electron chi connectivity index (χ0n) is 17.1. The minimum absolute atomic E-state index is 0.195. The highest BCUT2D eigenvalue weighted by Crippen LogP contribution is 2.31. The predicted molar refractivity (Wildman–Crippen MR) is 122 cm³/mol. The van der Waals surface area contributed by atoms with Crippen molar-refractivity contribution in [1.82, 2.24) is 10.3 Å². The van der Waals surface area contributed by atoms with Crippen LogP contribution in [0.5, 0.6) is 0 Å². The van der Waals surface area contributed by atoms with Crippen molar-refractivity contribution in [1.29, 1.82) is 5.26 Å². The monoisotopic (exact) mass is 407 g/mol. The molecule has 0 radical (unpaired) electrons. The number of hydrogen-bond donors (Lipinski definition) is 1. The van der Waals surface area contributed by atoms with E-state index in [1.54, 1.807) is 18.3 Å². The maximum atomic E-state index is 13.3. The van der Waals surface area contributed by atoms with Gasteiger partial charge < -0.3 is 5.32 Å². The molecule has 0 saturated heterocycles. The van der Waals surface area contributed by atoms with Crippen molar-refractivity contribution < 1.29 is 4.39 Å². The third kappa shape index (κ3) is 5.22. The topological polar surface area (TPSA) is 48.7 Å². The first kappa shape index (κ1) is 20.5. The Labute approximate surface area is 181 Å². The number of rotatable bonds is 7. The number of halogens is 1. The molecular weight excluding hydrogens is 385 g/mol. The van der Waals surface area contributed by atoms with Gasteiger partial charge in [-0.1, -0.05) is 66.7 Å². The van der Waals surface area contributed by atoms with Crippen LogP contribution in [-0.2, 0) is 13.0 Å². The number of nitriles is 1. The molecule has 3 nitrogen and oxygen atoms in total. The lowest BCUT2D eigenvalue weighted by atomic mass is 9.97. The molecule has 4 aromatic rings. The van der Waals surface area contributed by atoms with Gasteiger partial charge in [0.2, 0.25) is 0 Å².